The van der Waals surface area contributed by atoms with Crippen molar-refractivity contribution in [2.75, 3.05) is 23.3 Å². The number of aromatic nitrogens is 4. The highest BCUT2D eigenvalue weighted by molar-refractivity contribution is 5.89. The lowest BCUT2D eigenvalue weighted by molar-refractivity contribution is -0.138. The number of hydrogen-bond acceptors (Lipinski definition) is 7. The molecule has 3 N–H and O–H groups in total. The normalized spacial score (nSPS) is 26.9. The molecule has 2 fully saturated rings. The number of aliphatic carboxylic acids is 1. The molecule has 3 aliphatic rings. The molecule has 1 unspecified atom stereocenters. The lowest BCUT2D eigenvalue weighted by Crippen LogP contribution is -2.31. The average Bonchev–Trinajstić information content (AvgIpc) is 3.15. The second-order valence-electron chi connectivity index (χ2n) is 10.9. The molecule has 1 atom stereocenters. The molecule has 5 rings (SSSR count). The Labute approximate surface area is 211 Å². The zero-order chi connectivity index (χ0) is 25.1. The number of H-pyrrole nitrogens is 1. The van der Waals surface area contributed by atoms with Crippen LogP contribution in [-0.4, -0.2) is 44.3 Å². The fourth-order valence-electron chi connectivity index (χ4n) is 6.04. The highest BCUT2D eigenvalue weighted by Gasteiger charge is 2.36. The largest absolute Gasteiger partial charge is 0.481 e. The van der Waals surface area contributed by atoms with Crippen LogP contribution in [0.2, 0.25) is 0 Å². The van der Waals surface area contributed by atoms with Crippen molar-refractivity contribution in [3.63, 3.8) is 0 Å². The first kappa shape index (κ1) is 24.5. The SMILES string of the molecule is CC1([C@H]2CC[C@H](CC(=O)O)CC2)C=CC(Nc2nc(N3CCCCCC3)nc3cn[nH]c(=O)c23)=CC1. The van der Waals surface area contributed by atoms with Crippen molar-refractivity contribution in [2.45, 2.75) is 71.1 Å². The molecule has 36 heavy (non-hydrogen) atoms. The average molecular weight is 493 g/mol. The van der Waals surface area contributed by atoms with E-state index in [1.165, 1.54) is 12.8 Å². The monoisotopic (exact) mass is 492 g/mol. The molecule has 0 amide bonds. The summed E-state index contributed by atoms with van der Waals surface area (Å²) in [5, 5.41) is 19.4. The number of allylic oxidation sites excluding steroid dienone is 3. The van der Waals surface area contributed by atoms with Crippen molar-refractivity contribution in [3.8, 4) is 0 Å². The van der Waals surface area contributed by atoms with Crippen LogP contribution in [-0.2, 0) is 4.79 Å². The molecule has 0 bridgehead atoms. The summed E-state index contributed by atoms with van der Waals surface area (Å²) in [5.74, 6) is 1.31. The second kappa shape index (κ2) is 10.4. The van der Waals surface area contributed by atoms with Crippen molar-refractivity contribution in [3.05, 3.63) is 40.5 Å². The molecule has 2 aromatic heterocycles. The van der Waals surface area contributed by atoms with Gasteiger partial charge in [-0.3, -0.25) is 9.59 Å². The van der Waals surface area contributed by atoms with Crippen LogP contribution < -0.4 is 15.8 Å². The first-order valence-electron chi connectivity index (χ1n) is 13.3. The van der Waals surface area contributed by atoms with E-state index in [2.05, 4.69) is 50.5 Å². The Bertz CT molecular complexity index is 1220. The van der Waals surface area contributed by atoms with Crippen molar-refractivity contribution in [1.82, 2.24) is 20.2 Å². The maximum atomic E-state index is 12.7. The second-order valence-corrected chi connectivity index (χ2v) is 10.9. The standard InChI is InChI=1S/C27H36N6O3/c1-27(19-8-6-18(7-9-19)16-22(34)35)12-10-20(11-13-27)29-24-23-21(17-28-32-25(23)36)30-26(31-24)33-14-4-2-3-5-15-33/h10-12,17-19H,2-9,13-16H2,1H3,(H,32,36)(H,34,35)(H,29,30,31)/t18-,19-,27?. The van der Waals surface area contributed by atoms with Crippen molar-refractivity contribution in [2.24, 2.45) is 17.3 Å². The molecule has 1 saturated heterocycles. The van der Waals surface area contributed by atoms with Crippen LogP contribution in [0.1, 0.15) is 71.1 Å². The van der Waals surface area contributed by atoms with Gasteiger partial charge in [-0.1, -0.05) is 31.9 Å². The number of carbonyl (C=O) groups is 1. The maximum absolute atomic E-state index is 12.7. The Morgan fingerprint density at radius 2 is 1.92 bits per heavy atom. The number of nitrogens with zero attached hydrogens (tertiary/aromatic N) is 4. The number of nitrogens with one attached hydrogen (secondary N) is 2. The van der Waals surface area contributed by atoms with Crippen LogP contribution in [0, 0.1) is 17.3 Å². The van der Waals surface area contributed by atoms with Gasteiger partial charge in [0.2, 0.25) is 5.95 Å². The Kier molecular flexibility index (Phi) is 7.07. The predicted molar refractivity (Wildman–Crippen MR) is 140 cm³/mol. The van der Waals surface area contributed by atoms with E-state index in [4.69, 9.17) is 10.1 Å². The molecule has 9 heteroatoms. The van der Waals surface area contributed by atoms with Gasteiger partial charge in [-0.2, -0.15) is 10.1 Å². The van der Waals surface area contributed by atoms with Gasteiger partial charge < -0.3 is 15.3 Å². The highest BCUT2D eigenvalue weighted by Crippen LogP contribution is 2.46. The quantitative estimate of drug-likeness (QED) is 0.533. The van der Waals surface area contributed by atoms with E-state index in [9.17, 15) is 9.59 Å². The lowest BCUT2D eigenvalue weighted by atomic mass is 9.65. The molecule has 0 spiro atoms. The fourth-order valence-corrected chi connectivity index (χ4v) is 6.04. The molecule has 1 aliphatic heterocycles. The summed E-state index contributed by atoms with van der Waals surface area (Å²) in [7, 11) is 0. The molecule has 1 saturated carbocycles. The van der Waals surface area contributed by atoms with Crippen LogP contribution in [0.5, 0.6) is 0 Å². The Morgan fingerprint density at radius 1 is 1.17 bits per heavy atom. The van der Waals surface area contributed by atoms with Gasteiger partial charge in [0.25, 0.3) is 5.56 Å². The van der Waals surface area contributed by atoms with E-state index in [-0.39, 0.29) is 17.4 Å². The van der Waals surface area contributed by atoms with Crippen molar-refractivity contribution < 1.29 is 9.90 Å². The van der Waals surface area contributed by atoms with Crippen LogP contribution in [0.3, 0.4) is 0 Å². The van der Waals surface area contributed by atoms with E-state index in [1.54, 1.807) is 6.20 Å². The van der Waals surface area contributed by atoms with Crippen LogP contribution in [0.25, 0.3) is 10.9 Å². The zero-order valence-corrected chi connectivity index (χ0v) is 21.0. The maximum Gasteiger partial charge on any atom is 0.303 e. The van der Waals surface area contributed by atoms with E-state index in [1.807, 2.05) is 0 Å². The summed E-state index contributed by atoms with van der Waals surface area (Å²) in [6.45, 7) is 4.13. The van der Waals surface area contributed by atoms with Gasteiger partial charge in [-0.05, 0) is 68.3 Å². The topological polar surface area (TPSA) is 124 Å². The molecule has 0 radical (unpaired) electrons. The molecule has 192 valence electrons. The number of aromatic amines is 1. The molecule has 2 aromatic rings. The number of hydrogen-bond donors (Lipinski definition) is 3. The van der Waals surface area contributed by atoms with Crippen molar-refractivity contribution >= 4 is 28.6 Å². The molecular formula is C27H36N6O3. The van der Waals surface area contributed by atoms with E-state index < -0.39 is 5.97 Å². The van der Waals surface area contributed by atoms with Gasteiger partial charge >= 0.3 is 5.97 Å². The van der Waals surface area contributed by atoms with E-state index in [0.717, 1.165) is 63.7 Å². The predicted octanol–water partition coefficient (Wildman–Crippen LogP) is 4.64. The summed E-state index contributed by atoms with van der Waals surface area (Å²) >= 11 is 0. The summed E-state index contributed by atoms with van der Waals surface area (Å²) in [4.78, 5) is 35.4. The minimum atomic E-state index is -0.688. The minimum absolute atomic E-state index is 0.0473. The Balaban J connectivity index is 1.34. The van der Waals surface area contributed by atoms with E-state index >= 15 is 0 Å². The van der Waals surface area contributed by atoms with Gasteiger partial charge in [0.05, 0.1) is 6.20 Å². The number of rotatable bonds is 6. The first-order chi connectivity index (χ1) is 17.4. The third-order valence-electron chi connectivity index (χ3n) is 8.30. The number of anilines is 2. The Hall–Kier alpha value is -3.23. The summed E-state index contributed by atoms with van der Waals surface area (Å²) in [6.07, 6.45) is 18.1. The third-order valence-corrected chi connectivity index (χ3v) is 8.30. The van der Waals surface area contributed by atoms with Crippen LogP contribution in [0.4, 0.5) is 11.8 Å². The smallest absolute Gasteiger partial charge is 0.303 e. The molecule has 9 nitrogen and oxygen atoms in total. The number of carboxylic acid groups (broad SMARTS) is 1. The van der Waals surface area contributed by atoms with Gasteiger partial charge in [0.15, 0.2) is 0 Å². The molecule has 0 aromatic carbocycles. The molecule has 3 heterocycles. The minimum Gasteiger partial charge on any atom is -0.481 e. The molecular weight excluding hydrogens is 456 g/mol. The van der Waals surface area contributed by atoms with Gasteiger partial charge in [-0.15, -0.1) is 0 Å². The first-order valence-corrected chi connectivity index (χ1v) is 13.3. The van der Waals surface area contributed by atoms with Crippen molar-refractivity contribution in [1.29, 1.82) is 0 Å². The van der Waals surface area contributed by atoms with E-state index in [0.29, 0.717) is 34.5 Å². The number of fused-ring (bicyclic) bond motifs is 1. The highest BCUT2D eigenvalue weighted by atomic mass is 16.4. The van der Waals surface area contributed by atoms with Crippen LogP contribution >= 0.6 is 0 Å². The van der Waals surface area contributed by atoms with Gasteiger partial charge in [0, 0.05) is 25.2 Å². The summed E-state index contributed by atoms with van der Waals surface area (Å²) < 4.78 is 0. The Morgan fingerprint density at radius 3 is 2.58 bits per heavy atom. The number of carboxylic acids is 1. The molecule has 2 aliphatic carbocycles. The zero-order valence-electron chi connectivity index (χ0n) is 21.0. The summed E-state index contributed by atoms with van der Waals surface area (Å²) in [6, 6.07) is 0. The lowest BCUT2D eigenvalue weighted by Gasteiger charge is -2.40. The summed E-state index contributed by atoms with van der Waals surface area (Å²) in [5.41, 5.74) is 1.20. The van der Waals surface area contributed by atoms with Crippen LogP contribution in [0.15, 0.2) is 34.9 Å². The van der Waals surface area contributed by atoms with Gasteiger partial charge in [-0.25, -0.2) is 10.1 Å². The fraction of sp³-hybridized carbons (Fsp3) is 0.593. The third kappa shape index (κ3) is 5.29. The van der Waals surface area contributed by atoms with Gasteiger partial charge in [0.1, 0.15) is 16.7 Å².